The lowest BCUT2D eigenvalue weighted by atomic mass is 10.0. The van der Waals surface area contributed by atoms with E-state index in [1.807, 2.05) is 0 Å². The number of hydrogen-bond donors (Lipinski definition) is 1. The largest absolute Gasteiger partial charge is 0.477 e. The minimum atomic E-state index is -1.39. The van der Waals surface area contributed by atoms with Crippen LogP contribution in [0.25, 0.3) is 10.9 Å². The molecule has 0 aliphatic heterocycles. The fourth-order valence-electron chi connectivity index (χ4n) is 2.32. The highest BCUT2D eigenvalue weighted by Crippen LogP contribution is 2.23. The second kappa shape index (κ2) is 5.03. The van der Waals surface area contributed by atoms with Crippen molar-refractivity contribution in [2.45, 2.75) is 26.8 Å². The van der Waals surface area contributed by atoms with E-state index in [4.69, 9.17) is 5.11 Å². The molecule has 0 fully saturated rings. The summed E-state index contributed by atoms with van der Waals surface area (Å²) in [4.78, 5) is 23.1. The van der Waals surface area contributed by atoms with Crippen molar-refractivity contribution in [1.29, 1.82) is 0 Å². The lowest BCUT2D eigenvalue weighted by Crippen LogP contribution is -2.20. The van der Waals surface area contributed by atoms with Crippen LogP contribution in [0.1, 0.15) is 29.8 Å². The van der Waals surface area contributed by atoms with Crippen LogP contribution in [0.3, 0.4) is 0 Å². The Morgan fingerprint density at radius 2 is 2.00 bits per heavy atom. The molecule has 0 unspecified atom stereocenters. The van der Waals surface area contributed by atoms with Crippen molar-refractivity contribution in [2.75, 3.05) is 0 Å². The van der Waals surface area contributed by atoms with Gasteiger partial charge < -0.3 is 9.67 Å². The van der Waals surface area contributed by atoms with E-state index < -0.39 is 28.6 Å². The number of benzene rings is 1. The van der Waals surface area contributed by atoms with E-state index in [9.17, 15) is 18.4 Å². The van der Waals surface area contributed by atoms with Crippen molar-refractivity contribution in [3.63, 3.8) is 0 Å². The van der Waals surface area contributed by atoms with Gasteiger partial charge in [-0.3, -0.25) is 4.79 Å². The monoisotopic (exact) mass is 281 g/mol. The maximum atomic E-state index is 13.8. The highest BCUT2D eigenvalue weighted by molar-refractivity contribution is 5.93. The van der Waals surface area contributed by atoms with Crippen LogP contribution in [0.4, 0.5) is 8.78 Å². The quantitative estimate of drug-likeness (QED) is 0.940. The van der Waals surface area contributed by atoms with Crippen LogP contribution in [0.5, 0.6) is 0 Å². The average molecular weight is 281 g/mol. The highest BCUT2D eigenvalue weighted by Gasteiger charge is 2.20. The van der Waals surface area contributed by atoms with Gasteiger partial charge in [0, 0.05) is 23.7 Å². The molecule has 0 aliphatic rings. The van der Waals surface area contributed by atoms with E-state index in [0.717, 1.165) is 6.07 Å². The number of aromatic nitrogens is 1. The van der Waals surface area contributed by atoms with Crippen molar-refractivity contribution in [3.05, 3.63) is 45.2 Å². The molecular formula is C14H13F2NO3. The summed E-state index contributed by atoms with van der Waals surface area (Å²) in [5.41, 5.74) is -0.919. The van der Waals surface area contributed by atoms with Gasteiger partial charge in [0.25, 0.3) is 0 Å². The third-order valence-corrected chi connectivity index (χ3v) is 3.27. The highest BCUT2D eigenvalue weighted by atomic mass is 19.2. The Morgan fingerprint density at radius 3 is 2.50 bits per heavy atom. The number of pyridine rings is 1. The molecule has 0 saturated heterocycles. The molecule has 1 N–H and O–H groups in total. The molecule has 2 aromatic rings. The van der Waals surface area contributed by atoms with Crippen LogP contribution in [-0.2, 0) is 13.0 Å². The molecule has 0 spiro atoms. The van der Waals surface area contributed by atoms with Crippen LogP contribution in [-0.4, -0.2) is 15.6 Å². The number of nitrogens with zero attached hydrogens (tertiary/aromatic N) is 1. The lowest BCUT2D eigenvalue weighted by Gasteiger charge is -2.14. The van der Waals surface area contributed by atoms with Crippen LogP contribution in [0, 0.1) is 11.6 Å². The van der Waals surface area contributed by atoms with Gasteiger partial charge in [-0.1, -0.05) is 6.92 Å². The molecular weight excluding hydrogens is 268 g/mol. The third-order valence-electron chi connectivity index (χ3n) is 3.27. The first kappa shape index (κ1) is 14.2. The molecule has 6 heteroatoms. The summed E-state index contributed by atoms with van der Waals surface area (Å²) in [6, 6.07) is 0.769. The first-order chi connectivity index (χ1) is 9.42. The van der Waals surface area contributed by atoms with Gasteiger partial charge in [0.05, 0.1) is 5.52 Å². The number of aromatic carboxylic acids is 1. The zero-order valence-corrected chi connectivity index (χ0v) is 11.0. The average Bonchev–Trinajstić information content (AvgIpc) is 2.41. The number of halogens is 2. The van der Waals surface area contributed by atoms with Crippen molar-refractivity contribution >= 4 is 16.9 Å². The molecule has 0 radical (unpaired) electrons. The Kier molecular flexibility index (Phi) is 3.57. The van der Waals surface area contributed by atoms with Crippen molar-refractivity contribution in [3.8, 4) is 0 Å². The van der Waals surface area contributed by atoms with Gasteiger partial charge in [-0.25, -0.2) is 13.6 Å². The molecule has 0 amide bonds. The van der Waals surface area contributed by atoms with Gasteiger partial charge in [0.15, 0.2) is 11.6 Å². The molecule has 1 heterocycles. The van der Waals surface area contributed by atoms with Crippen molar-refractivity contribution in [2.24, 2.45) is 0 Å². The molecule has 106 valence electrons. The predicted molar refractivity (Wildman–Crippen MR) is 70.1 cm³/mol. The number of fused-ring (bicyclic) bond motifs is 1. The molecule has 1 aromatic carbocycles. The zero-order chi connectivity index (χ0) is 15.0. The number of carbonyl (C=O) groups is 1. The summed E-state index contributed by atoms with van der Waals surface area (Å²) >= 11 is 0. The number of carboxylic acid groups (broad SMARTS) is 1. The number of carboxylic acids is 1. The minimum Gasteiger partial charge on any atom is -0.477 e. The third kappa shape index (κ3) is 1.97. The number of hydrogen-bond acceptors (Lipinski definition) is 2. The van der Waals surface area contributed by atoms with Gasteiger partial charge in [-0.15, -0.1) is 0 Å². The second-order valence-corrected chi connectivity index (χ2v) is 4.36. The van der Waals surface area contributed by atoms with Crippen molar-refractivity contribution in [1.82, 2.24) is 4.57 Å². The normalized spacial score (nSPS) is 11.0. The summed E-state index contributed by atoms with van der Waals surface area (Å²) < 4.78 is 28.9. The lowest BCUT2D eigenvalue weighted by molar-refractivity contribution is 0.0695. The van der Waals surface area contributed by atoms with E-state index in [1.165, 1.54) is 10.8 Å². The Bertz CT molecular complexity index is 765. The molecule has 0 bridgehead atoms. The molecule has 0 aliphatic carbocycles. The van der Waals surface area contributed by atoms with Crippen LogP contribution >= 0.6 is 0 Å². The Hall–Kier alpha value is -2.24. The van der Waals surface area contributed by atoms with Gasteiger partial charge in [-0.05, 0) is 19.4 Å². The van der Waals surface area contributed by atoms with Gasteiger partial charge >= 0.3 is 5.97 Å². The molecule has 4 nitrogen and oxygen atoms in total. The topological polar surface area (TPSA) is 59.3 Å². The smallest absolute Gasteiger partial charge is 0.341 e. The Balaban J connectivity index is 3.09. The minimum absolute atomic E-state index is 0.0795. The summed E-state index contributed by atoms with van der Waals surface area (Å²) in [7, 11) is 0. The molecule has 1 aromatic heterocycles. The molecule has 20 heavy (non-hydrogen) atoms. The maximum Gasteiger partial charge on any atom is 0.341 e. The summed E-state index contributed by atoms with van der Waals surface area (Å²) in [6.07, 6.45) is 1.37. The van der Waals surface area contributed by atoms with Crippen LogP contribution in [0.15, 0.2) is 17.1 Å². The Morgan fingerprint density at radius 1 is 1.35 bits per heavy atom. The summed E-state index contributed by atoms with van der Waals surface area (Å²) in [5, 5.41) is 8.91. The number of rotatable bonds is 3. The van der Waals surface area contributed by atoms with E-state index in [2.05, 4.69) is 0 Å². The van der Waals surface area contributed by atoms with E-state index in [-0.39, 0.29) is 22.9 Å². The first-order valence-electron chi connectivity index (χ1n) is 6.19. The van der Waals surface area contributed by atoms with Gasteiger partial charge in [0.1, 0.15) is 5.56 Å². The number of aryl methyl sites for hydroxylation is 2. The maximum absolute atomic E-state index is 13.8. The second-order valence-electron chi connectivity index (χ2n) is 4.36. The van der Waals surface area contributed by atoms with Crippen LogP contribution in [0.2, 0.25) is 0 Å². The van der Waals surface area contributed by atoms with E-state index in [0.29, 0.717) is 6.54 Å². The van der Waals surface area contributed by atoms with Crippen LogP contribution < -0.4 is 5.43 Å². The fraction of sp³-hybridized carbons (Fsp3) is 0.286. The van der Waals surface area contributed by atoms with Gasteiger partial charge in [-0.2, -0.15) is 0 Å². The van der Waals surface area contributed by atoms with E-state index in [1.54, 1.807) is 13.8 Å². The molecule has 0 atom stereocenters. The van der Waals surface area contributed by atoms with E-state index >= 15 is 0 Å². The first-order valence-corrected chi connectivity index (χ1v) is 6.19. The Labute approximate surface area is 113 Å². The zero-order valence-electron chi connectivity index (χ0n) is 11.0. The van der Waals surface area contributed by atoms with Crippen molar-refractivity contribution < 1.29 is 18.7 Å². The summed E-state index contributed by atoms with van der Waals surface area (Å²) in [6.45, 7) is 3.72. The predicted octanol–water partition coefficient (Wildman–Crippen LogP) is 2.56. The van der Waals surface area contributed by atoms with Gasteiger partial charge in [0.2, 0.25) is 5.43 Å². The standard InChI is InChI=1S/C14H13F2NO3/c1-3-7-11(16)10(15)5-8-12(7)17(4-2)6-9(13(8)18)14(19)20/h5-6H,3-4H2,1-2H3,(H,19,20). The molecule has 0 saturated carbocycles. The molecule has 2 rings (SSSR count). The SMILES string of the molecule is CCc1c(F)c(F)cc2c(=O)c(C(=O)O)cn(CC)c12. The summed E-state index contributed by atoms with van der Waals surface area (Å²) in [5.74, 6) is -3.52. The fourth-order valence-corrected chi connectivity index (χ4v) is 2.32.